The molecule has 0 bridgehead atoms. The molecular weight excluding hydrogens is 333 g/mol. The monoisotopic (exact) mass is 355 g/mol. The number of rotatable bonds is 8. The Balaban J connectivity index is 1.65. The van der Waals surface area contributed by atoms with Crippen LogP contribution in [0.2, 0.25) is 0 Å². The van der Waals surface area contributed by atoms with E-state index < -0.39 is 6.10 Å². The van der Waals surface area contributed by atoms with Crippen LogP contribution in [-0.4, -0.2) is 22.7 Å². The van der Waals surface area contributed by atoms with Gasteiger partial charge in [-0.25, -0.2) is 4.39 Å². The van der Waals surface area contributed by atoms with E-state index in [2.05, 4.69) is 16.3 Å². The van der Waals surface area contributed by atoms with Crippen LogP contribution < -0.4 is 0 Å². The van der Waals surface area contributed by atoms with Gasteiger partial charge in [0.25, 0.3) is 0 Å². The SMILES string of the molecule is O[C@@H](Cc1ccccc1)CN(Cc1ccc(F)cc1)Cc1cccs1. The Morgan fingerprint density at radius 2 is 1.64 bits per heavy atom. The van der Waals surface area contributed by atoms with Crippen molar-refractivity contribution in [1.82, 2.24) is 4.90 Å². The van der Waals surface area contributed by atoms with Gasteiger partial charge in [-0.15, -0.1) is 11.3 Å². The zero-order valence-corrected chi connectivity index (χ0v) is 14.8. The zero-order valence-electron chi connectivity index (χ0n) is 14.0. The van der Waals surface area contributed by atoms with E-state index in [4.69, 9.17) is 0 Å². The van der Waals surface area contributed by atoms with Gasteiger partial charge in [0, 0.05) is 24.5 Å². The third kappa shape index (κ3) is 5.78. The van der Waals surface area contributed by atoms with Crippen LogP contribution in [0.5, 0.6) is 0 Å². The van der Waals surface area contributed by atoms with Gasteiger partial charge in [0.05, 0.1) is 6.10 Å². The minimum atomic E-state index is -0.442. The first-order valence-electron chi connectivity index (χ1n) is 8.40. The number of aliphatic hydroxyl groups is 1. The number of thiophene rings is 1. The van der Waals surface area contributed by atoms with Crippen molar-refractivity contribution in [2.45, 2.75) is 25.6 Å². The number of hydrogen-bond donors (Lipinski definition) is 1. The lowest BCUT2D eigenvalue weighted by molar-refractivity contribution is 0.105. The number of aliphatic hydroxyl groups excluding tert-OH is 1. The molecule has 1 N–H and O–H groups in total. The minimum Gasteiger partial charge on any atom is -0.391 e. The summed E-state index contributed by atoms with van der Waals surface area (Å²) in [7, 11) is 0. The lowest BCUT2D eigenvalue weighted by Gasteiger charge is -2.25. The second-order valence-electron chi connectivity index (χ2n) is 6.22. The molecule has 0 amide bonds. The van der Waals surface area contributed by atoms with Gasteiger partial charge in [0.2, 0.25) is 0 Å². The van der Waals surface area contributed by atoms with Crippen LogP contribution >= 0.6 is 11.3 Å². The third-order valence-electron chi connectivity index (χ3n) is 4.06. The fraction of sp³-hybridized carbons (Fsp3) is 0.238. The maximum Gasteiger partial charge on any atom is 0.123 e. The molecule has 130 valence electrons. The average molecular weight is 355 g/mol. The molecule has 0 saturated heterocycles. The predicted molar refractivity (Wildman–Crippen MR) is 101 cm³/mol. The van der Waals surface area contributed by atoms with Gasteiger partial charge >= 0.3 is 0 Å². The van der Waals surface area contributed by atoms with Gasteiger partial charge < -0.3 is 5.11 Å². The molecule has 0 saturated carbocycles. The highest BCUT2D eigenvalue weighted by Crippen LogP contribution is 2.16. The molecule has 0 fully saturated rings. The van der Waals surface area contributed by atoms with E-state index in [0.717, 1.165) is 17.7 Å². The van der Waals surface area contributed by atoms with Crippen LogP contribution in [0.25, 0.3) is 0 Å². The highest BCUT2D eigenvalue weighted by molar-refractivity contribution is 7.09. The summed E-state index contributed by atoms with van der Waals surface area (Å²) in [6, 6.07) is 20.8. The predicted octanol–water partition coefficient (Wildman–Crippen LogP) is 4.49. The topological polar surface area (TPSA) is 23.5 Å². The first kappa shape index (κ1) is 17.8. The van der Waals surface area contributed by atoms with E-state index in [0.29, 0.717) is 19.5 Å². The summed E-state index contributed by atoms with van der Waals surface area (Å²) in [6.45, 7) is 2.04. The number of halogens is 1. The van der Waals surface area contributed by atoms with E-state index in [1.165, 1.54) is 17.0 Å². The van der Waals surface area contributed by atoms with Crippen molar-refractivity contribution in [3.05, 3.63) is 93.9 Å². The Labute approximate surface area is 152 Å². The van der Waals surface area contributed by atoms with E-state index >= 15 is 0 Å². The van der Waals surface area contributed by atoms with Crippen molar-refractivity contribution in [1.29, 1.82) is 0 Å². The van der Waals surface area contributed by atoms with Gasteiger partial charge in [-0.2, -0.15) is 0 Å². The van der Waals surface area contributed by atoms with Gasteiger partial charge in [-0.05, 0) is 41.1 Å². The highest BCUT2D eigenvalue weighted by Gasteiger charge is 2.14. The Morgan fingerprint density at radius 1 is 0.880 bits per heavy atom. The summed E-state index contributed by atoms with van der Waals surface area (Å²) in [6.07, 6.45) is 0.188. The van der Waals surface area contributed by atoms with Crippen LogP contribution in [0.1, 0.15) is 16.0 Å². The molecule has 0 radical (unpaired) electrons. The van der Waals surface area contributed by atoms with Gasteiger partial charge in [0.1, 0.15) is 5.82 Å². The quantitative estimate of drug-likeness (QED) is 0.643. The standard InChI is InChI=1S/C21H22FNOS/c22-19-10-8-18(9-11-19)14-23(16-21-7-4-12-25-21)15-20(24)13-17-5-2-1-3-6-17/h1-12,20,24H,13-16H2/t20-/m0/s1. The molecule has 2 nitrogen and oxygen atoms in total. The van der Waals surface area contributed by atoms with Crippen LogP contribution in [0.4, 0.5) is 4.39 Å². The molecule has 4 heteroatoms. The smallest absolute Gasteiger partial charge is 0.123 e. The largest absolute Gasteiger partial charge is 0.391 e. The van der Waals surface area contributed by atoms with Crippen molar-refractivity contribution >= 4 is 11.3 Å². The van der Waals surface area contributed by atoms with Crippen LogP contribution in [-0.2, 0) is 19.5 Å². The average Bonchev–Trinajstić information content (AvgIpc) is 3.10. The molecule has 1 aromatic heterocycles. The molecule has 0 unspecified atom stereocenters. The molecule has 2 aromatic carbocycles. The van der Waals surface area contributed by atoms with Crippen LogP contribution in [0, 0.1) is 5.82 Å². The summed E-state index contributed by atoms with van der Waals surface area (Å²) >= 11 is 1.71. The van der Waals surface area contributed by atoms with Gasteiger partial charge in [-0.3, -0.25) is 4.90 Å². The first-order chi connectivity index (χ1) is 12.2. The summed E-state index contributed by atoms with van der Waals surface area (Å²) in [5.41, 5.74) is 2.18. The lowest BCUT2D eigenvalue weighted by Crippen LogP contribution is -2.32. The maximum absolute atomic E-state index is 13.1. The summed E-state index contributed by atoms with van der Waals surface area (Å²) in [5.74, 6) is -0.224. The van der Waals surface area contributed by atoms with Gasteiger partial charge in [0.15, 0.2) is 0 Å². The second kappa shape index (κ2) is 8.90. The molecule has 1 heterocycles. The summed E-state index contributed by atoms with van der Waals surface area (Å²) in [5, 5.41) is 12.6. The van der Waals surface area contributed by atoms with Crippen molar-refractivity contribution < 1.29 is 9.50 Å². The minimum absolute atomic E-state index is 0.224. The van der Waals surface area contributed by atoms with E-state index in [1.54, 1.807) is 23.5 Å². The maximum atomic E-state index is 13.1. The molecule has 0 aliphatic heterocycles. The van der Waals surface area contributed by atoms with E-state index in [-0.39, 0.29) is 5.82 Å². The summed E-state index contributed by atoms with van der Waals surface area (Å²) < 4.78 is 13.1. The first-order valence-corrected chi connectivity index (χ1v) is 9.28. The molecule has 0 spiro atoms. The molecular formula is C21H22FNOS. The Bertz CT molecular complexity index is 743. The van der Waals surface area contributed by atoms with Crippen molar-refractivity contribution in [3.63, 3.8) is 0 Å². The summed E-state index contributed by atoms with van der Waals surface area (Å²) in [4.78, 5) is 3.47. The van der Waals surface area contributed by atoms with E-state index in [9.17, 15) is 9.50 Å². The van der Waals surface area contributed by atoms with Gasteiger partial charge in [-0.1, -0.05) is 48.5 Å². The zero-order chi connectivity index (χ0) is 17.5. The number of benzene rings is 2. The molecule has 3 rings (SSSR count). The third-order valence-corrected chi connectivity index (χ3v) is 4.92. The molecule has 1 atom stereocenters. The van der Waals surface area contributed by atoms with Crippen molar-refractivity contribution in [2.75, 3.05) is 6.54 Å². The lowest BCUT2D eigenvalue weighted by atomic mass is 10.1. The Kier molecular flexibility index (Phi) is 6.34. The fourth-order valence-electron chi connectivity index (χ4n) is 2.90. The van der Waals surface area contributed by atoms with E-state index in [1.807, 2.05) is 36.4 Å². The highest BCUT2D eigenvalue weighted by atomic mass is 32.1. The fourth-order valence-corrected chi connectivity index (χ4v) is 3.65. The molecule has 0 aliphatic rings. The van der Waals surface area contributed by atoms with Crippen molar-refractivity contribution in [2.24, 2.45) is 0 Å². The number of hydrogen-bond acceptors (Lipinski definition) is 3. The molecule has 0 aliphatic carbocycles. The normalized spacial score (nSPS) is 12.4. The number of nitrogens with zero attached hydrogens (tertiary/aromatic N) is 1. The second-order valence-corrected chi connectivity index (χ2v) is 7.25. The molecule has 3 aromatic rings. The molecule has 25 heavy (non-hydrogen) atoms. The Morgan fingerprint density at radius 3 is 2.32 bits per heavy atom. The Hall–Kier alpha value is -2.01. The van der Waals surface area contributed by atoms with Crippen molar-refractivity contribution in [3.8, 4) is 0 Å². The van der Waals surface area contributed by atoms with Crippen LogP contribution in [0.3, 0.4) is 0 Å². The van der Waals surface area contributed by atoms with Crippen LogP contribution in [0.15, 0.2) is 72.1 Å².